The molecular weight excluding hydrogens is 467 g/mol. The van der Waals surface area contributed by atoms with Gasteiger partial charge in [-0.15, -0.1) is 0 Å². The number of nitrogens with one attached hydrogen (secondary N) is 1. The molecule has 1 aliphatic heterocycles. The maximum absolute atomic E-state index is 14.3. The van der Waals surface area contributed by atoms with E-state index in [0.29, 0.717) is 25.3 Å². The Bertz CT molecular complexity index is 1180. The second-order valence-corrected chi connectivity index (χ2v) is 9.33. The normalized spacial score (nSPS) is 16.6. The number of benzene rings is 1. The van der Waals surface area contributed by atoms with Crippen LogP contribution in [-0.4, -0.2) is 46.2 Å². The van der Waals surface area contributed by atoms with Crippen molar-refractivity contribution in [1.82, 2.24) is 14.8 Å². The Morgan fingerprint density at radius 3 is 2.88 bits per heavy atom. The van der Waals surface area contributed by atoms with Crippen LogP contribution in [0.2, 0.25) is 0 Å². The van der Waals surface area contributed by atoms with Gasteiger partial charge in [0.25, 0.3) is 12.3 Å². The molecule has 4 rings (SSSR count). The lowest BCUT2D eigenvalue weighted by molar-refractivity contribution is 0.102. The van der Waals surface area contributed by atoms with Gasteiger partial charge in [0.2, 0.25) is 0 Å². The van der Waals surface area contributed by atoms with E-state index >= 15 is 0 Å². The molecule has 0 bridgehead atoms. The van der Waals surface area contributed by atoms with E-state index in [4.69, 9.17) is 11.5 Å². The number of aryl methyl sites for hydroxylation is 1. The van der Waals surface area contributed by atoms with Crippen molar-refractivity contribution in [3.8, 4) is 10.6 Å². The maximum atomic E-state index is 14.3. The summed E-state index contributed by atoms with van der Waals surface area (Å²) in [4.78, 5) is 19.2. The second kappa shape index (κ2) is 10.0. The topological polar surface area (TPSA) is 115 Å². The minimum absolute atomic E-state index is 0.0322. The predicted octanol–water partition coefficient (Wildman–Crippen LogP) is 3.87. The van der Waals surface area contributed by atoms with Gasteiger partial charge in [-0.1, -0.05) is 23.0 Å². The van der Waals surface area contributed by atoms with Gasteiger partial charge >= 0.3 is 0 Å². The number of halogens is 3. The molecule has 8 nitrogen and oxygen atoms in total. The van der Waals surface area contributed by atoms with E-state index in [1.165, 1.54) is 16.9 Å². The number of thiazole rings is 1. The van der Waals surface area contributed by atoms with Crippen molar-refractivity contribution < 1.29 is 18.0 Å². The summed E-state index contributed by atoms with van der Waals surface area (Å²) in [6, 6.07) is 4.63. The molecule has 1 atom stereocenters. The van der Waals surface area contributed by atoms with Crippen LogP contribution in [0.3, 0.4) is 0 Å². The number of alkyl halides is 2. The summed E-state index contributed by atoms with van der Waals surface area (Å²) in [5, 5.41) is 7.18. The summed E-state index contributed by atoms with van der Waals surface area (Å²) in [6.45, 7) is 2.36. The Kier molecular flexibility index (Phi) is 7.08. The zero-order chi connectivity index (χ0) is 24.4. The molecule has 12 heteroatoms. The van der Waals surface area contributed by atoms with Crippen molar-refractivity contribution in [1.29, 1.82) is 0 Å². The number of carbonyl (C=O) groups excluding carboxylic acids is 1. The minimum Gasteiger partial charge on any atom is -0.389 e. The summed E-state index contributed by atoms with van der Waals surface area (Å²) in [7, 11) is 0. The molecule has 0 saturated carbocycles. The van der Waals surface area contributed by atoms with Gasteiger partial charge in [-0.2, -0.15) is 5.10 Å². The number of rotatable bonds is 6. The molecule has 34 heavy (non-hydrogen) atoms. The first kappa shape index (κ1) is 24.0. The predicted molar refractivity (Wildman–Crippen MR) is 127 cm³/mol. The molecule has 1 aromatic carbocycles. The fourth-order valence-corrected chi connectivity index (χ4v) is 4.84. The van der Waals surface area contributed by atoms with Gasteiger partial charge in [0.05, 0.1) is 6.20 Å². The van der Waals surface area contributed by atoms with Gasteiger partial charge < -0.3 is 21.7 Å². The molecule has 1 aliphatic rings. The van der Waals surface area contributed by atoms with Crippen LogP contribution >= 0.6 is 11.3 Å². The highest BCUT2D eigenvalue weighted by Crippen LogP contribution is 2.34. The number of nitrogens with two attached hydrogens (primary N) is 2. The van der Waals surface area contributed by atoms with E-state index < -0.39 is 24.7 Å². The summed E-state index contributed by atoms with van der Waals surface area (Å²) in [5.74, 6) is -0.708. The third kappa shape index (κ3) is 5.17. The zero-order valence-electron chi connectivity index (χ0n) is 18.6. The number of nitrogen functional groups attached to an aromatic ring is 1. The highest BCUT2D eigenvalue weighted by Gasteiger charge is 2.26. The van der Waals surface area contributed by atoms with E-state index in [1.54, 1.807) is 12.1 Å². The first-order valence-corrected chi connectivity index (χ1v) is 11.7. The second-order valence-electron chi connectivity index (χ2n) is 8.30. The van der Waals surface area contributed by atoms with E-state index in [2.05, 4.69) is 15.4 Å². The SMILES string of the molecule is Cc1ccc(F)c(-c2nc(C(=O)Nc3cnn(CC(F)F)c3N3CCCC(N)CC3)c(N)s2)c1. The Balaban J connectivity index is 1.63. The standard InChI is InChI=1S/C22H26F3N7OS/c1-12-4-5-15(23)14(9-12)21-30-18(19(27)34-21)20(33)29-16-10-28-32(11-17(24)25)22(16)31-7-2-3-13(26)6-8-31/h4-5,9-10,13,17H,2-3,6-8,11,26-27H2,1H3,(H,29,33). The van der Waals surface area contributed by atoms with Crippen LogP contribution < -0.4 is 21.7 Å². The summed E-state index contributed by atoms with van der Waals surface area (Å²) in [6.07, 6.45) is 1.03. The van der Waals surface area contributed by atoms with Crippen LogP contribution in [-0.2, 0) is 6.54 Å². The smallest absolute Gasteiger partial charge is 0.277 e. The molecule has 1 saturated heterocycles. The Labute approximate surface area is 198 Å². The van der Waals surface area contributed by atoms with E-state index in [-0.39, 0.29) is 33.0 Å². The molecule has 1 unspecified atom stereocenters. The number of amides is 1. The van der Waals surface area contributed by atoms with Gasteiger partial charge in [0.1, 0.15) is 28.1 Å². The van der Waals surface area contributed by atoms with Gasteiger partial charge in [0, 0.05) is 24.7 Å². The molecule has 1 amide bonds. The van der Waals surface area contributed by atoms with Crippen molar-refractivity contribution in [2.24, 2.45) is 5.73 Å². The van der Waals surface area contributed by atoms with Crippen LogP contribution in [0, 0.1) is 12.7 Å². The molecule has 1 fully saturated rings. The van der Waals surface area contributed by atoms with Gasteiger partial charge in [-0.05, 0) is 38.3 Å². The number of hydrogen-bond acceptors (Lipinski definition) is 7. The number of hydrogen-bond donors (Lipinski definition) is 3. The lowest BCUT2D eigenvalue weighted by atomic mass is 10.1. The van der Waals surface area contributed by atoms with E-state index in [1.807, 2.05) is 11.8 Å². The van der Waals surface area contributed by atoms with Crippen molar-refractivity contribution in [2.75, 3.05) is 29.0 Å². The van der Waals surface area contributed by atoms with E-state index in [9.17, 15) is 18.0 Å². The fourth-order valence-electron chi connectivity index (χ4n) is 3.99. The summed E-state index contributed by atoms with van der Waals surface area (Å²) in [5.41, 5.74) is 13.4. The lowest BCUT2D eigenvalue weighted by Gasteiger charge is -2.25. The largest absolute Gasteiger partial charge is 0.389 e. The lowest BCUT2D eigenvalue weighted by Crippen LogP contribution is -2.30. The Morgan fingerprint density at radius 1 is 1.32 bits per heavy atom. The first-order valence-electron chi connectivity index (χ1n) is 10.9. The minimum atomic E-state index is -2.61. The van der Waals surface area contributed by atoms with Crippen LogP contribution in [0.15, 0.2) is 24.4 Å². The number of anilines is 3. The zero-order valence-corrected chi connectivity index (χ0v) is 19.4. The molecule has 2 aromatic heterocycles. The molecule has 0 spiro atoms. The van der Waals surface area contributed by atoms with E-state index in [0.717, 1.165) is 29.7 Å². The highest BCUT2D eigenvalue weighted by molar-refractivity contribution is 7.19. The number of aromatic nitrogens is 3. The molecular formula is C22H26F3N7OS. The molecule has 0 aliphatic carbocycles. The maximum Gasteiger partial charge on any atom is 0.277 e. The van der Waals surface area contributed by atoms with Crippen LogP contribution in [0.4, 0.5) is 29.7 Å². The molecule has 5 N–H and O–H groups in total. The van der Waals surface area contributed by atoms with Crippen LogP contribution in [0.25, 0.3) is 10.6 Å². The fraction of sp³-hybridized carbons (Fsp3) is 0.409. The van der Waals surface area contributed by atoms with Gasteiger partial charge in [0.15, 0.2) is 11.5 Å². The molecule has 0 radical (unpaired) electrons. The third-order valence-electron chi connectivity index (χ3n) is 5.66. The molecule has 3 heterocycles. The van der Waals surface area contributed by atoms with Crippen molar-refractivity contribution in [2.45, 2.75) is 45.2 Å². The third-order valence-corrected chi connectivity index (χ3v) is 6.58. The Morgan fingerprint density at radius 2 is 2.12 bits per heavy atom. The average Bonchev–Trinajstić information content (AvgIpc) is 3.27. The van der Waals surface area contributed by atoms with Crippen LogP contribution in [0.1, 0.15) is 35.3 Å². The van der Waals surface area contributed by atoms with Gasteiger partial charge in [-0.25, -0.2) is 22.8 Å². The quantitative estimate of drug-likeness (QED) is 0.480. The van der Waals surface area contributed by atoms with Crippen molar-refractivity contribution in [3.05, 3.63) is 41.5 Å². The number of nitrogens with zero attached hydrogens (tertiary/aromatic N) is 4. The monoisotopic (exact) mass is 493 g/mol. The Hall–Kier alpha value is -3.12. The first-order chi connectivity index (χ1) is 16.2. The number of carbonyl (C=O) groups is 1. The van der Waals surface area contributed by atoms with Crippen LogP contribution in [0.5, 0.6) is 0 Å². The highest BCUT2D eigenvalue weighted by atomic mass is 32.1. The van der Waals surface area contributed by atoms with Crippen molar-refractivity contribution in [3.63, 3.8) is 0 Å². The summed E-state index contributed by atoms with van der Waals surface area (Å²) < 4.78 is 41.9. The van der Waals surface area contributed by atoms with Gasteiger partial charge in [-0.3, -0.25) is 4.79 Å². The average molecular weight is 494 g/mol. The molecule has 182 valence electrons. The van der Waals surface area contributed by atoms with Crippen molar-refractivity contribution >= 4 is 33.8 Å². The summed E-state index contributed by atoms with van der Waals surface area (Å²) >= 11 is 1.000. The molecule has 3 aromatic rings.